The van der Waals surface area contributed by atoms with Gasteiger partial charge >= 0.3 is 6.18 Å². The van der Waals surface area contributed by atoms with Crippen LogP contribution in [0.5, 0.6) is 0 Å². The molecule has 1 aliphatic heterocycles. The van der Waals surface area contributed by atoms with Gasteiger partial charge in [0, 0.05) is 19.6 Å². The molecule has 0 aliphatic carbocycles. The van der Waals surface area contributed by atoms with Crippen molar-refractivity contribution in [3.05, 3.63) is 28.6 Å². The summed E-state index contributed by atoms with van der Waals surface area (Å²) >= 11 is 1.11. The molecular weight excluding hydrogens is 412 g/mol. The predicted octanol–water partition coefficient (Wildman–Crippen LogP) is 2.40. The minimum absolute atomic E-state index is 0.0174. The molecule has 0 radical (unpaired) electrons. The Balaban J connectivity index is 1.96. The summed E-state index contributed by atoms with van der Waals surface area (Å²) in [6.07, 6.45) is -6.16. The molecule has 1 aromatic heterocycles. The molecule has 1 fully saturated rings. The largest absolute Gasteiger partial charge is 0.393 e. The Morgan fingerprint density at radius 1 is 1.41 bits per heavy atom. The van der Waals surface area contributed by atoms with Gasteiger partial charge in [0.15, 0.2) is 6.10 Å². The summed E-state index contributed by atoms with van der Waals surface area (Å²) in [5.41, 5.74) is 6.04. The second-order valence-electron chi connectivity index (χ2n) is 6.72. The van der Waals surface area contributed by atoms with Gasteiger partial charge < -0.3 is 26.3 Å². The van der Waals surface area contributed by atoms with Crippen molar-refractivity contribution >= 4 is 33.3 Å². The number of anilines is 1. The van der Waals surface area contributed by atoms with Gasteiger partial charge in [0.05, 0.1) is 40.5 Å². The zero-order valence-corrected chi connectivity index (χ0v) is 16.2. The van der Waals surface area contributed by atoms with Crippen molar-refractivity contribution in [3.8, 4) is 0 Å². The molecule has 1 unspecified atom stereocenters. The molecule has 1 aromatic carbocycles. The highest BCUT2D eigenvalue weighted by Crippen LogP contribution is 2.39. The van der Waals surface area contributed by atoms with E-state index in [-0.39, 0.29) is 30.1 Å². The molecular formula is C18H22F4N4O2S. The average molecular weight is 434 g/mol. The van der Waals surface area contributed by atoms with Crippen molar-refractivity contribution < 1.29 is 27.5 Å². The number of aliphatic hydroxyl groups excluding tert-OH is 1. The maximum atomic E-state index is 14.0. The molecule has 1 aliphatic rings. The number of alkyl halides is 4. The topological polar surface area (TPSA) is 91.9 Å². The predicted molar refractivity (Wildman–Crippen MR) is 105 cm³/mol. The fourth-order valence-corrected chi connectivity index (χ4v) is 4.25. The van der Waals surface area contributed by atoms with Crippen molar-refractivity contribution in [3.63, 3.8) is 0 Å². The van der Waals surface area contributed by atoms with Crippen LogP contribution in [-0.2, 0) is 11.3 Å². The molecule has 160 valence electrons. The smallest absolute Gasteiger partial charge is 0.392 e. The second-order valence-corrected chi connectivity index (χ2v) is 7.78. The van der Waals surface area contributed by atoms with Crippen molar-refractivity contribution in [2.24, 2.45) is 10.9 Å². The summed E-state index contributed by atoms with van der Waals surface area (Å²) in [6, 6.07) is 4.51. The van der Waals surface area contributed by atoms with E-state index in [1.165, 1.54) is 6.21 Å². The van der Waals surface area contributed by atoms with Crippen LogP contribution in [0.2, 0.25) is 0 Å². The van der Waals surface area contributed by atoms with Gasteiger partial charge in [-0.2, -0.15) is 13.2 Å². The molecule has 3 rings (SSSR count). The van der Waals surface area contributed by atoms with Gasteiger partial charge in [-0.25, -0.2) is 4.39 Å². The summed E-state index contributed by atoms with van der Waals surface area (Å²) in [5.74, 6) is 0. The zero-order valence-electron chi connectivity index (χ0n) is 15.4. The lowest BCUT2D eigenvalue weighted by Crippen LogP contribution is -2.29. The third-order valence-electron chi connectivity index (χ3n) is 4.55. The van der Waals surface area contributed by atoms with Crippen LogP contribution >= 0.6 is 11.3 Å². The fourth-order valence-electron chi connectivity index (χ4n) is 3.09. The lowest BCUT2D eigenvalue weighted by molar-refractivity contribution is -0.126. The standard InChI is InChI=1S/C18H22F4N4O2S/c19-13-6-24-7-15(13)26-14-3-1-2-11-12(4-18(20,21)22)16(29-17(11)14)8-25-28-10(5-23)9-27/h1-3,8,10,13,15,24,26-27H,4-7,9,23H2/b25-8+/t10?,13-,15+/m0/s1. The van der Waals surface area contributed by atoms with E-state index in [0.29, 0.717) is 22.3 Å². The van der Waals surface area contributed by atoms with E-state index in [4.69, 9.17) is 15.7 Å². The number of hydrogen-bond acceptors (Lipinski definition) is 7. The number of nitrogens with zero attached hydrogens (tertiary/aromatic N) is 1. The van der Waals surface area contributed by atoms with Gasteiger partial charge in [0.25, 0.3) is 0 Å². The molecule has 5 N–H and O–H groups in total. The molecule has 1 saturated heterocycles. The third-order valence-corrected chi connectivity index (χ3v) is 5.77. The van der Waals surface area contributed by atoms with Gasteiger partial charge in [-0.15, -0.1) is 11.3 Å². The van der Waals surface area contributed by atoms with E-state index in [0.717, 1.165) is 11.3 Å². The van der Waals surface area contributed by atoms with Gasteiger partial charge in [-0.05, 0) is 17.0 Å². The molecule has 29 heavy (non-hydrogen) atoms. The number of fused-ring (bicyclic) bond motifs is 1. The van der Waals surface area contributed by atoms with Crippen LogP contribution in [0.4, 0.5) is 23.2 Å². The Bertz CT molecular complexity index is 854. The number of nitrogens with one attached hydrogen (secondary N) is 2. The monoisotopic (exact) mass is 434 g/mol. The zero-order chi connectivity index (χ0) is 21.0. The summed E-state index contributed by atoms with van der Waals surface area (Å²) in [4.78, 5) is 5.30. The third kappa shape index (κ3) is 5.35. The molecule has 3 atom stereocenters. The molecule has 2 heterocycles. The quantitative estimate of drug-likeness (QED) is 0.291. The SMILES string of the molecule is NCC(CO)O/N=C/c1sc2c(N[C@@H]3CNC[C@@H]3F)cccc2c1CC(F)(F)F. The summed E-state index contributed by atoms with van der Waals surface area (Å²) < 4.78 is 54.1. The van der Waals surface area contributed by atoms with E-state index >= 15 is 0 Å². The highest BCUT2D eigenvalue weighted by atomic mass is 32.1. The Labute approximate surface area is 168 Å². The van der Waals surface area contributed by atoms with Crippen molar-refractivity contribution in [1.29, 1.82) is 0 Å². The van der Waals surface area contributed by atoms with Crippen LogP contribution in [0.25, 0.3) is 10.1 Å². The van der Waals surface area contributed by atoms with Crippen LogP contribution in [-0.4, -0.2) is 62.1 Å². The van der Waals surface area contributed by atoms with Crippen LogP contribution in [0.1, 0.15) is 10.4 Å². The van der Waals surface area contributed by atoms with Gasteiger partial charge in [0.2, 0.25) is 0 Å². The van der Waals surface area contributed by atoms with Crippen LogP contribution in [0, 0.1) is 0 Å². The molecule has 6 nitrogen and oxygen atoms in total. The Hall–Kier alpha value is -1.95. The first-order valence-electron chi connectivity index (χ1n) is 9.05. The van der Waals surface area contributed by atoms with Crippen molar-refractivity contribution in [2.75, 3.05) is 31.6 Å². The molecule has 11 heteroatoms. The minimum Gasteiger partial charge on any atom is -0.392 e. The normalized spacial score (nSPS) is 21.2. The van der Waals surface area contributed by atoms with Crippen molar-refractivity contribution in [2.45, 2.75) is 30.9 Å². The molecule has 0 bridgehead atoms. The second kappa shape index (κ2) is 9.24. The number of halogens is 4. The molecule has 0 amide bonds. The van der Waals surface area contributed by atoms with E-state index < -0.39 is 30.9 Å². The summed E-state index contributed by atoms with van der Waals surface area (Å²) in [6.45, 7) is 0.328. The van der Waals surface area contributed by atoms with Gasteiger partial charge in [-0.3, -0.25) is 0 Å². The van der Waals surface area contributed by atoms with Crippen LogP contribution in [0.3, 0.4) is 0 Å². The Morgan fingerprint density at radius 2 is 2.21 bits per heavy atom. The molecule has 0 saturated carbocycles. The number of hydrogen-bond donors (Lipinski definition) is 4. The van der Waals surface area contributed by atoms with Crippen LogP contribution < -0.4 is 16.4 Å². The van der Waals surface area contributed by atoms with Gasteiger partial charge in [-0.1, -0.05) is 17.3 Å². The lowest BCUT2D eigenvalue weighted by Gasteiger charge is -2.16. The van der Waals surface area contributed by atoms with Crippen LogP contribution in [0.15, 0.2) is 23.4 Å². The Morgan fingerprint density at radius 3 is 2.83 bits per heavy atom. The highest BCUT2D eigenvalue weighted by Gasteiger charge is 2.32. The van der Waals surface area contributed by atoms with E-state index in [1.807, 2.05) is 0 Å². The number of oxime groups is 1. The highest BCUT2D eigenvalue weighted by molar-refractivity contribution is 7.21. The first-order valence-corrected chi connectivity index (χ1v) is 9.86. The van der Waals surface area contributed by atoms with Gasteiger partial charge in [0.1, 0.15) is 6.17 Å². The fraction of sp³-hybridized carbons (Fsp3) is 0.500. The molecule has 0 spiro atoms. The number of rotatable bonds is 8. The maximum Gasteiger partial charge on any atom is 0.393 e. The molecule has 2 aromatic rings. The first-order chi connectivity index (χ1) is 13.8. The maximum absolute atomic E-state index is 14.0. The summed E-state index contributed by atoms with van der Waals surface area (Å²) in [7, 11) is 0. The number of nitrogens with two attached hydrogens (primary N) is 1. The average Bonchev–Trinajstić information content (AvgIpc) is 3.22. The van der Waals surface area contributed by atoms with E-state index in [1.54, 1.807) is 18.2 Å². The lowest BCUT2D eigenvalue weighted by atomic mass is 10.1. The minimum atomic E-state index is -4.41. The Kier molecular flexibility index (Phi) is 6.93. The van der Waals surface area contributed by atoms with E-state index in [9.17, 15) is 17.6 Å². The number of benzene rings is 1. The summed E-state index contributed by atoms with van der Waals surface area (Å²) in [5, 5.41) is 19.2. The first kappa shape index (κ1) is 21.8. The number of thiophene rings is 1. The van der Waals surface area contributed by atoms with Crippen molar-refractivity contribution in [1.82, 2.24) is 5.32 Å². The number of aliphatic hydroxyl groups is 1. The van der Waals surface area contributed by atoms with E-state index in [2.05, 4.69) is 15.8 Å².